The van der Waals surface area contributed by atoms with Gasteiger partial charge in [-0.25, -0.2) is 0 Å². The van der Waals surface area contributed by atoms with E-state index >= 15 is 0 Å². The standard InChI is InChI=1S/C26H33NO3/c1-5-18-6-8-19(9-7-18)24(28)27-22-14-16-23(17-15-22)30-25(29)20-10-12-21(13-11-20)26(2,3)4/h6-9,14-17,20-21H,5,10-13H2,1-4H3,(H,27,28). The normalized spacial score (nSPS) is 19.2. The van der Waals surface area contributed by atoms with Crippen LogP contribution in [0, 0.1) is 17.3 Å². The Morgan fingerprint density at radius 3 is 2.07 bits per heavy atom. The van der Waals surface area contributed by atoms with E-state index < -0.39 is 0 Å². The summed E-state index contributed by atoms with van der Waals surface area (Å²) in [6, 6.07) is 14.6. The van der Waals surface area contributed by atoms with E-state index in [0.29, 0.717) is 28.3 Å². The van der Waals surface area contributed by atoms with Crippen molar-refractivity contribution in [3.63, 3.8) is 0 Å². The number of benzene rings is 2. The van der Waals surface area contributed by atoms with Gasteiger partial charge in [-0.3, -0.25) is 9.59 Å². The fourth-order valence-electron chi connectivity index (χ4n) is 4.10. The summed E-state index contributed by atoms with van der Waals surface area (Å²) < 4.78 is 5.59. The number of hydrogen-bond acceptors (Lipinski definition) is 3. The number of hydrogen-bond donors (Lipinski definition) is 1. The third-order valence-corrected chi connectivity index (χ3v) is 6.24. The zero-order valence-electron chi connectivity index (χ0n) is 18.5. The lowest BCUT2D eigenvalue weighted by Crippen LogP contribution is -2.30. The van der Waals surface area contributed by atoms with E-state index in [1.807, 2.05) is 24.3 Å². The highest BCUT2D eigenvalue weighted by atomic mass is 16.5. The lowest BCUT2D eigenvalue weighted by molar-refractivity contribution is -0.140. The molecule has 0 bridgehead atoms. The molecule has 1 aliphatic carbocycles. The molecule has 0 heterocycles. The summed E-state index contributed by atoms with van der Waals surface area (Å²) >= 11 is 0. The molecule has 2 aromatic rings. The number of amides is 1. The summed E-state index contributed by atoms with van der Waals surface area (Å²) in [5.41, 5.74) is 2.79. The number of carbonyl (C=O) groups is 2. The largest absolute Gasteiger partial charge is 0.426 e. The van der Waals surface area contributed by atoms with Crippen molar-refractivity contribution in [3.05, 3.63) is 59.7 Å². The highest BCUT2D eigenvalue weighted by Crippen LogP contribution is 2.40. The van der Waals surface area contributed by atoms with E-state index in [2.05, 4.69) is 33.0 Å². The zero-order chi connectivity index (χ0) is 21.7. The minimum absolute atomic E-state index is 0.0194. The smallest absolute Gasteiger partial charge is 0.314 e. The molecule has 0 atom stereocenters. The maximum absolute atomic E-state index is 12.5. The molecule has 0 radical (unpaired) electrons. The maximum atomic E-state index is 12.5. The molecule has 3 rings (SSSR count). The van der Waals surface area contributed by atoms with Crippen LogP contribution in [0.5, 0.6) is 5.75 Å². The van der Waals surface area contributed by atoms with Gasteiger partial charge in [0.1, 0.15) is 5.75 Å². The van der Waals surface area contributed by atoms with Crippen molar-refractivity contribution in [3.8, 4) is 5.75 Å². The van der Waals surface area contributed by atoms with Crippen LogP contribution in [0.1, 0.15) is 69.3 Å². The van der Waals surface area contributed by atoms with E-state index in [1.54, 1.807) is 24.3 Å². The lowest BCUT2D eigenvalue weighted by Gasteiger charge is -2.36. The monoisotopic (exact) mass is 407 g/mol. The Balaban J connectivity index is 1.51. The summed E-state index contributed by atoms with van der Waals surface area (Å²) in [5.74, 6) is 0.869. The van der Waals surface area contributed by atoms with Gasteiger partial charge in [0.2, 0.25) is 0 Å². The molecule has 30 heavy (non-hydrogen) atoms. The van der Waals surface area contributed by atoms with Gasteiger partial charge < -0.3 is 10.1 Å². The molecule has 160 valence electrons. The first-order chi connectivity index (χ1) is 14.3. The second kappa shape index (κ2) is 9.46. The molecule has 1 amide bonds. The van der Waals surface area contributed by atoms with Gasteiger partial charge in [-0.15, -0.1) is 0 Å². The van der Waals surface area contributed by atoms with Gasteiger partial charge in [0.05, 0.1) is 5.92 Å². The van der Waals surface area contributed by atoms with E-state index in [0.717, 1.165) is 32.1 Å². The van der Waals surface area contributed by atoms with Crippen LogP contribution < -0.4 is 10.1 Å². The zero-order valence-corrected chi connectivity index (χ0v) is 18.5. The van der Waals surface area contributed by atoms with Gasteiger partial charge in [-0.1, -0.05) is 39.8 Å². The topological polar surface area (TPSA) is 55.4 Å². The van der Waals surface area contributed by atoms with Gasteiger partial charge >= 0.3 is 5.97 Å². The Hall–Kier alpha value is -2.62. The van der Waals surface area contributed by atoms with E-state index in [9.17, 15) is 9.59 Å². The first-order valence-electron chi connectivity index (χ1n) is 11.0. The number of esters is 1. The van der Waals surface area contributed by atoms with Gasteiger partial charge in [0, 0.05) is 11.3 Å². The quantitative estimate of drug-likeness (QED) is 0.470. The van der Waals surface area contributed by atoms with Crippen LogP contribution in [0.3, 0.4) is 0 Å². The fraction of sp³-hybridized carbons (Fsp3) is 0.462. The van der Waals surface area contributed by atoms with Crippen LogP contribution in [0.15, 0.2) is 48.5 Å². The fourth-order valence-corrected chi connectivity index (χ4v) is 4.10. The summed E-state index contributed by atoms with van der Waals surface area (Å²) in [5, 5.41) is 2.88. The van der Waals surface area contributed by atoms with Crippen LogP contribution >= 0.6 is 0 Å². The van der Waals surface area contributed by atoms with Crippen molar-refractivity contribution in [1.29, 1.82) is 0 Å². The molecule has 1 saturated carbocycles. The van der Waals surface area contributed by atoms with Crippen molar-refractivity contribution >= 4 is 17.6 Å². The van der Waals surface area contributed by atoms with Crippen molar-refractivity contribution < 1.29 is 14.3 Å². The SMILES string of the molecule is CCc1ccc(C(=O)Nc2ccc(OC(=O)C3CCC(C(C)(C)C)CC3)cc2)cc1. The molecule has 1 aliphatic rings. The molecule has 4 nitrogen and oxygen atoms in total. The molecular formula is C26H33NO3. The molecular weight excluding hydrogens is 374 g/mol. The van der Waals surface area contributed by atoms with Gasteiger partial charge in [0.15, 0.2) is 0 Å². The number of ether oxygens (including phenoxy) is 1. The van der Waals surface area contributed by atoms with Crippen LogP contribution in [0.2, 0.25) is 0 Å². The molecule has 1 N–H and O–H groups in total. The predicted molar refractivity (Wildman–Crippen MR) is 121 cm³/mol. The van der Waals surface area contributed by atoms with Crippen molar-refractivity contribution in [2.24, 2.45) is 17.3 Å². The molecule has 0 spiro atoms. The average Bonchev–Trinajstić information content (AvgIpc) is 2.74. The molecule has 0 aromatic heterocycles. The Kier molecular flexibility index (Phi) is 6.96. The van der Waals surface area contributed by atoms with Gasteiger partial charge in [-0.2, -0.15) is 0 Å². The third kappa shape index (κ3) is 5.71. The number of aryl methyl sites for hydroxylation is 1. The van der Waals surface area contributed by atoms with Crippen LogP contribution in [-0.2, 0) is 11.2 Å². The average molecular weight is 408 g/mol. The second-order valence-corrected chi connectivity index (χ2v) is 9.36. The van der Waals surface area contributed by atoms with Gasteiger partial charge in [-0.05, 0) is 85.4 Å². The Morgan fingerprint density at radius 2 is 1.53 bits per heavy atom. The minimum Gasteiger partial charge on any atom is -0.426 e. The first-order valence-corrected chi connectivity index (χ1v) is 11.0. The number of anilines is 1. The van der Waals surface area contributed by atoms with Crippen LogP contribution in [0.25, 0.3) is 0 Å². The van der Waals surface area contributed by atoms with Crippen molar-refractivity contribution in [2.45, 2.75) is 59.8 Å². The highest BCUT2D eigenvalue weighted by Gasteiger charge is 2.33. The van der Waals surface area contributed by atoms with E-state index in [-0.39, 0.29) is 17.8 Å². The third-order valence-electron chi connectivity index (χ3n) is 6.24. The second-order valence-electron chi connectivity index (χ2n) is 9.36. The molecule has 0 aliphatic heterocycles. The maximum Gasteiger partial charge on any atom is 0.314 e. The summed E-state index contributed by atoms with van der Waals surface area (Å²) in [7, 11) is 0. The number of nitrogens with one attached hydrogen (secondary N) is 1. The number of carbonyl (C=O) groups excluding carboxylic acids is 2. The molecule has 4 heteroatoms. The van der Waals surface area contributed by atoms with Crippen molar-refractivity contribution in [2.75, 3.05) is 5.32 Å². The van der Waals surface area contributed by atoms with Crippen molar-refractivity contribution in [1.82, 2.24) is 0 Å². The van der Waals surface area contributed by atoms with Crippen LogP contribution in [0.4, 0.5) is 5.69 Å². The van der Waals surface area contributed by atoms with Crippen LogP contribution in [-0.4, -0.2) is 11.9 Å². The molecule has 1 fully saturated rings. The molecule has 2 aromatic carbocycles. The predicted octanol–water partition coefficient (Wildman–Crippen LogP) is 6.26. The minimum atomic E-state index is -0.155. The number of rotatable bonds is 5. The Labute approximate surface area is 180 Å². The van der Waals surface area contributed by atoms with E-state index in [4.69, 9.17) is 4.74 Å². The summed E-state index contributed by atoms with van der Waals surface area (Å²) in [6.45, 7) is 8.91. The van der Waals surface area contributed by atoms with Gasteiger partial charge in [0.25, 0.3) is 5.91 Å². The first kappa shape index (κ1) is 22.1. The van der Waals surface area contributed by atoms with E-state index in [1.165, 1.54) is 5.56 Å². The highest BCUT2D eigenvalue weighted by molar-refractivity contribution is 6.04. The molecule has 0 unspecified atom stereocenters. The lowest BCUT2D eigenvalue weighted by atomic mass is 9.70. The summed E-state index contributed by atoms with van der Waals surface area (Å²) in [6.07, 6.45) is 4.89. The molecule has 0 saturated heterocycles. The Bertz CT molecular complexity index is 855. The Morgan fingerprint density at radius 1 is 0.933 bits per heavy atom. The summed E-state index contributed by atoms with van der Waals surface area (Å²) in [4.78, 5) is 24.9.